The molecule has 0 fully saturated rings. The van der Waals surface area contributed by atoms with E-state index in [0.29, 0.717) is 0 Å². The predicted molar refractivity (Wildman–Crippen MR) is 44.3 cm³/mol. The van der Waals surface area contributed by atoms with Crippen LogP contribution in [0.1, 0.15) is 21.0 Å². The van der Waals surface area contributed by atoms with Gasteiger partial charge in [0.15, 0.2) is 11.4 Å². The lowest BCUT2D eigenvalue weighted by atomic mass is 10.3. The van der Waals surface area contributed by atoms with Crippen molar-refractivity contribution in [2.45, 2.75) is 0 Å². The lowest BCUT2D eigenvalue weighted by Crippen LogP contribution is -2.36. The Balaban J connectivity index is 3.19. The zero-order valence-corrected chi connectivity index (χ0v) is 7.31. The molecule has 0 aliphatic carbocycles. The fraction of sp³-hybridized carbons (Fsp3) is 0.200. The molecule has 0 radical (unpaired) electrons. The van der Waals surface area contributed by atoms with Crippen LogP contribution in [0.2, 0.25) is 0 Å². The summed E-state index contributed by atoms with van der Waals surface area (Å²) in [7, 11) is 1.45. The SMILES string of the molecule is Cn1nnc(C(=O)NN)c1C(=O)NN. The van der Waals surface area contributed by atoms with E-state index >= 15 is 0 Å². The molecule has 0 bridgehead atoms. The van der Waals surface area contributed by atoms with Gasteiger partial charge in [-0.05, 0) is 0 Å². The van der Waals surface area contributed by atoms with Gasteiger partial charge in [0.1, 0.15) is 0 Å². The molecule has 9 nitrogen and oxygen atoms in total. The summed E-state index contributed by atoms with van der Waals surface area (Å²) in [6.45, 7) is 0. The lowest BCUT2D eigenvalue weighted by molar-refractivity contribution is 0.0911. The van der Waals surface area contributed by atoms with Crippen molar-refractivity contribution in [3.05, 3.63) is 11.4 Å². The summed E-state index contributed by atoms with van der Waals surface area (Å²) in [5, 5.41) is 6.95. The van der Waals surface area contributed by atoms with Crippen molar-refractivity contribution in [1.29, 1.82) is 0 Å². The van der Waals surface area contributed by atoms with Crippen LogP contribution < -0.4 is 22.5 Å². The number of aryl methyl sites for hydroxylation is 1. The van der Waals surface area contributed by atoms with Gasteiger partial charge in [0.25, 0.3) is 11.8 Å². The molecule has 0 aromatic carbocycles. The molecular weight excluding hydrogens is 190 g/mol. The van der Waals surface area contributed by atoms with Crippen LogP contribution >= 0.6 is 0 Å². The molecule has 1 heterocycles. The van der Waals surface area contributed by atoms with E-state index in [0.717, 1.165) is 4.68 Å². The molecule has 14 heavy (non-hydrogen) atoms. The number of nitrogens with one attached hydrogen (secondary N) is 2. The van der Waals surface area contributed by atoms with Gasteiger partial charge in [-0.1, -0.05) is 5.21 Å². The maximum atomic E-state index is 11.2. The number of aromatic nitrogens is 3. The number of amides is 2. The van der Waals surface area contributed by atoms with Gasteiger partial charge in [0, 0.05) is 7.05 Å². The first-order chi connectivity index (χ1) is 6.61. The molecule has 1 aromatic rings. The minimum absolute atomic E-state index is 0.0598. The molecule has 0 unspecified atom stereocenters. The number of rotatable bonds is 2. The number of nitrogens with zero attached hydrogens (tertiary/aromatic N) is 3. The van der Waals surface area contributed by atoms with Gasteiger partial charge in [-0.2, -0.15) is 0 Å². The Hall–Kier alpha value is -2.00. The molecule has 76 valence electrons. The Morgan fingerprint density at radius 3 is 2.36 bits per heavy atom. The summed E-state index contributed by atoms with van der Waals surface area (Å²) in [5.41, 5.74) is 3.46. The maximum Gasteiger partial charge on any atom is 0.288 e. The largest absolute Gasteiger partial charge is 0.289 e. The van der Waals surface area contributed by atoms with E-state index < -0.39 is 11.8 Å². The summed E-state index contributed by atoms with van der Waals surface area (Å²) < 4.78 is 1.12. The van der Waals surface area contributed by atoms with Crippen LogP contribution in [0.5, 0.6) is 0 Å². The highest BCUT2D eigenvalue weighted by molar-refractivity contribution is 6.04. The molecule has 0 spiro atoms. The summed E-state index contributed by atoms with van der Waals surface area (Å²) in [6.07, 6.45) is 0. The summed E-state index contributed by atoms with van der Waals surface area (Å²) in [4.78, 5) is 22.3. The highest BCUT2D eigenvalue weighted by Gasteiger charge is 2.22. The molecule has 0 saturated heterocycles. The zero-order valence-electron chi connectivity index (χ0n) is 7.31. The van der Waals surface area contributed by atoms with E-state index in [9.17, 15) is 9.59 Å². The Bertz CT molecular complexity index is 370. The Labute approximate surface area is 78.4 Å². The van der Waals surface area contributed by atoms with Gasteiger partial charge >= 0.3 is 0 Å². The number of carbonyl (C=O) groups excluding carboxylic acids is 2. The van der Waals surface area contributed by atoms with E-state index in [1.54, 1.807) is 0 Å². The van der Waals surface area contributed by atoms with Gasteiger partial charge in [-0.25, -0.2) is 16.4 Å². The first-order valence-electron chi connectivity index (χ1n) is 3.53. The maximum absolute atomic E-state index is 11.2. The minimum atomic E-state index is -0.711. The Morgan fingerprint density at radius 2 is 1.86 bits per heavy atom. The topological polar surface area (TPSA) is 141 Å². The second-order valence-electron chi connectivity index (χ2n) is 2.36. The van der Waals surface area contributed by atoms with Crippen molar-refractivity contribution in [1.82, 2.24) is 25.8 Å². The fourth-order valence-corrected chi connectivity index (χ4v) is 0.901. The number of hydrazine groups is 2. The van der Waals surface area contributed by atoms with E-state index in [4.69, 9.17) is 11.7 Å². The number of hydrogen-bond donors (Lipinski definition) is 4. The van der Waals surface area contributed by atoms with Gasteiger partial charge in [-0.15, -0.1) is 5.10 Å². The van der Waals surface area contributed by atoms with Crippen LogP contribution in [0.3, 0.4) is 0 Å². The van der Waals surface area contributed by atoms with Crippen LogP contribution in [0.4, 0.5) is 0 Å². The molecule has 9 heteroatoms. The standard InChI is InChI=1S/C5H9N7O2/c1-12-3(5(14)9-7)2(10-11-12)4(13)8-6/h6-7H2,1H3,(H,8,13)(H,9,14). The number of nitrogens with two attached hydrogens (primary N) is 2. The van der Waals surface area contributed by atoms with Crippen molar-refractivity contribution >= 4 is 11.8 Å². The van der Waals surface area contributed by atoms with Crippen molar-refractivity contribution in [2.24, 2.45) is 18.7 Å². The first-order valence-corrected chi connectivity index (χ1v) is 3.53. The monoisotopic (exact) mass is 199 g/mol. The predicted octanol–water partition coefficient (Wildman–Crippen LogP) is -2.98. The van der Waals surface area contributed by atoms with Crippen molar-refractivity contribution in [3.63, 3.8) is 0 Å². The second-order valence-corrected chi connectivity index (χ2v) is 2.36. The Kier molecular flexibility index (Phi) is 2.74. The Morgan fingerprint density at radius 1 is 1.29 bits per heavy atom. The van der Waals surface area contributed by atoms with Crippen molar-refractivity contribution in [3.8, 4) is 0 Å². The molecule has 1 rings (SSSR count). The molecule has 6 N–H and O–H groups in total. The summed E-state index contributed by atoms with van der Waals surface area (Å²) >= 11 is 0. The number of nitrogen functional groups attached to an aromatic ring is 2. The molecule has 0 atom stereocenters. The fourth-order valence-electron chi connectivity index (χ4n) is 0.901. The van der Waals surface area contributed by atoms with Crippen LogP contribution in [-0.4, -0.2) is 26.8 Å². The van der Waals surface area contributed by atoms with Gasteiger partial charge in [0.05, 0.1) is 0 Å². The lowest BCUT2D eigenvalue weighted by Gasteiger charge is -2.00. The molecule has 2 amide bonds. The highest BCUT2D eigenvalue weighted by Crippen LogP contribution is 2.02. The quantitative estimate of drug-likeness (QED) is 0.227. The zero-order chi connectivity index (χ0) is 10.7. The molecule has 0 aliphatic heterocycles. The summed E-state index contributed by atoms with van der Waals surface area (Å²) in [5.74, 6) is 8.41. The van der Waals surface area contributed by atoms with Crippen molar-refractivity contribution in [2.75, 3.05) is 0 Å². The number of hydrogen-bond acceptors (Lipinski definition) is 6. The van der Waals surface area contributed by atoms with E-state index in [1.807, 2.05) is 10.9 Å². The summed E-state index contributed by atoms with van der Waals surface area (Å²) in [6, 6.07) is 0. The van der Waals surface area contributed by atoms with Crippen LogP contribution in [0.25, 0.3) is 0 Å². The second kappa shape index (κ2) is 3.81. The van der Waals surface area contributed by atoms with Crippen LogP contribution in [-0.2, 0) is 7.05 Å². The van der Waals surface area contributed by atoms with Gasteiger partial charge in [0.2, 0.25) is 0 Å². The third kappa shape index (κ3) is 1.53. The molecule has 1 aromatic heterocycles. The third-order valence-electron chi connectivity index (χ3n) is 1.52. The van der Waals surface area contributed by atoms with Crippen molar-refractivity contribution < 1.29 is 9.59 Å². The molecule has 0 aliphatic rings. The van der Waals surface area contributed by atoms with E-state index in [-0.39, 0.29) is 11.4 Å². The van der Waals surface area contributed by atoms with Crippen LogP contribution in [0, 0.1) is 0 Å². The molecular formula is C5H9N7O2. The third-order valence-corrected chi connectivity index (χ3v) is 1.52. The molecule has 0 saturated carbocycles. The highest BCUT2D eigenvalue weighted by atomic mass is 16.2. The van der Waals surface area contributed by atoms with E-state index in [1.165, 1.54) is 7.05 Å². The van der Waals surface area contributed by atoms with Gasteiger partial charge in [-0.3, -0.25) is 20.4 Å². The minimum Gasteiger partial charge on any atom is -0.289 e. The first kappa shape index (κ1) is 10.1. The average molecular weight is 199 g/mol. The van der Waals surface area contributed by atoms with Gasteiger partial charge < -0.3 is 0 Å². The van der Waals surface area contributed by atoms with E-state index in [2.05, 4.69) is 10.3 Å². The number of carbonyl (C=O) groups is 2. The normalized spacial score (nSPS) is 9.64. The smallest absolute Gasteiger partial charge is 0.288 e. The average Bonchev–Trinajstić information content (AvgIpc) is 2.58. The van der Waals surface area contributed by atoms with Crippen LogP contribution in [0.15, 0.2) is 0 Å².